The lowest BCUT2D eigenvalue weighted by Gasteiger charge is -2.33. The summed E-state index contributed by atoms with van der Waals surface area (Å²) in [7, 11) is 0. The van der Waals surface area contributed by atoms with Crippen molar-refractivity contribution in [3.8, 4) is 0 Å². The molecule has 4 fully saturated rings. The van der Waals surface area contributed by atoms with Gasteiger partial charge in [-0.1, -0.05) is 6.08 Å². The van der Waals surface area contributed by atoms with Crippen LogP contribution < -0.4 is 0 Å². The van der Waals surface area contributed by atoms with E-state index in [-0.39, 0.29) is 60.5 Å². The molecule has 0 radical (unpaired) electrons. The summed E-state index contributed by atoms with van der Waals surface area (Å²) in [5.74, 6) is -0.692. The van der Waals surface area contributed by atoms with Gasteiger partial charge in [-0.2, -0.15) is 0 Å². The molecular weight excluding hydrogens is 412 g/mol. The number of cyclic esters (lactones) is 1. The molecule has 0 bridgehead atoms. The Kier molecular flexibility index (Phi) is 3.87. The van der Waals surface area contributed by atoms with E-state index in [2.05, 4.69) is 6.08 Å². The van der Waals surface area contributed by atoms with Crippen LogP contribution in [0.25, 0.3) is 0 Å². The first kappa shape index (κ1) is 20.2. The van der Waals surface area contributed by atoms with Crippen molar-refractivity contribution in [1.29, 1.82) is 0 Å². The van der Waals surface area contributed by atoms with Gasteiger partial charge < -0.3 is 18.6 Å². The first-order valence-corrected chi connectivity index (χ1v) is 11.5. The van der Waals surface area contributed by atoms with Gasteiger partial charge in [-0.05, 0) is 51.7 Å². The molecular formula is C25H28O7. The van der Waals surface area contributed by atoms with Gasteiger partial charge in [-0.25, -0.2) is 0 Å². The summed E-state index contributed by atoms with van der Waals surface area (Å²) >= 11 is 0. The molecule has 3 saturated heterocycles. The van der Waals surface area contributed by atoms with Gasteiger partial charge in [0.1, 0.15) is 23.6 Å². The fraction of sp³-hybridized carbons (Fsp3) is 0.640. The van der Waals surface area contributed by atoms with E-state index < -0.39 is 16.6 Å². The summed E-state index contributed by atoms with van der Waals surface area (Å²) in [6.07, 6.45) is 7.77. The fourth-order valence-corrected chi connectivity index (χ4v) is 7.31. The van der Waals surface area contributed by atoms with E-state index in [4.69, 9.17) is 18.6 Å². The summed E-state index contributed by atoms with van der Waals surface area (Å²) in [4.78, 5) is 38.3. The molecule has 0 amide bonds. The molecule has 4 heterocycles. The Balaban J connectivity index is 1.23. The average molecular weight is 440 g/mol. The number of furan rings is 1. The third-order valence-corrected chi connectivity index (χ3v) is 8.88. The molecule has 0 unspecified atom stereocenters. The molecule has 7 nitrogen and oxygen atoms in total. The highest BCUT2D eigenvalue weighted by Gasteiger charge is 2.82. The smallest absolute Gasteiger partial charge is 0.317 e. The van der Waals surface area contributed by atoms with E-state index >= 15 is 0 Å². The van der Waals surface area contributed by atoms with Crippen molar-refractivity contribution < 1.29 is 33.0 Å². The number of carbonyl (C=O) groups excluding carboxylic acids is 3. The number of ketones is 1. The average Bonchev–Trinajstić information content (AvgIpc) is 2.96. The summed E-state index contributed by atoms with van der Waals surface area (Å²) in [5.41, 5.74) is -0.541. The third kappa shape index (κ3) is 2.38. The monoisotopic (exact) mass is 440 g/mol. The molecule has 0 N–H and O–H groups in total. The lowest BCUT2D eigenvalue weighted by Crippen LogP contribution is -2.43. The van der Waals surface area contributed by atoms with E-state index in [0.29, 0.717) is 0 Å². The van der Waals surface area contributed by atoms with Gasteiger partial charge in [0.05, 0.1) is 30.0 Å². The molecule has 1 saturated carbocycles. The first-order valence-electron chi connectivity index (χ1n) is 11.5. The van der Waals surface area contributed by atoms with Crippen LogP contribution in [0.5, 0.6) is 0 Å². The van der Waals surface area contributed by atoms with Gasteiger partial charge in [-0.3, -0.25) is 14.4 Å². The van der Waals surface area contributed by atoms with Gasteiger partial charge in [0.25, 0.3) is 0 Å². The Bertz CT molecular complexity index is 1050. The van der Waals surface area contributed by atoms with Crippen molar-refractivity contribution in [2.24, 2.45) is 16.7 Å². The maximum Gasteiger partial charge on any atom is 0.317 e. The Morgan fingerprint density at radius 3 is 2.78 bits per heavy atom. The van der Waals surface area contributed by atoms with E-state index in [1.54, 1.807) is 12.5 Å². The number of hydrogen-bond acceptors (Lipinski definition) is 7. The van der Waals surface area contributed by atoms with E-state index in [1.807, 2.05) is 26.8 Å². The second-order valence-corrected chi connectivity index (χ2v) is 10.9. The predicted octanol–water partition coefficient (Wildman–Crippen LogP) is 3.82. The molecule has 3 aliphatic heterocycles. The van der Waals surface area contributed by atoms with Crippen molar-refractivity contribution in [3.05, 3.63) is 35.8 Å². The Hall–Kier alpha value is -2.41. The normalized spacial score (nSPS) is 43.1. The van der Waals surface area contributed by atoms with Crippen LogP contribution in [0, 0.1) is 16.7 Å². The van der Waals surface area contributed by atoms with Gasteiger partial charge >= 0.3 is 11.9 Å². The number of ether oxygens (including phenoxy) is 3. The van der Waals surface area contributed by atoms with Crippen molar-refractivity contribution in [3.63, 3.8) is 0 Å². The zero-order chi connectivity index (χ0) is 22.5. The molecule has 6 rings (SSSR count). The topological polar surface area (TPSA) is 92.0 Å². The highest BCUT2D eigenvalue weighted by Crippen LogP contribution is 2.82. The second-order valence-electron chi connectivity index (χ2n) is 10.9. The molecule has 6 atom stereocenters. The van der Waals surface area contributed by atoms with Crippen LogP contribution in [0.3, 0.4) is 0 Å². The van der Waals surface area contributed by atoms with Gasteiger partial charge in [-0.15, -0.1) is 0 Å². The zero-order valence-corrected chi connectivity index (χ0v) is 18.6. The van der Waals surface area contributed by atoms with E-state index in [1.165, 1.54) is 0 Å². The summed E-state index contributed by atoms with van der Waals surface area (Å²) in [6.45, 7) is 5.79. The van der Waals surface area contributed by atoms with Crippen molar-refractivity contribution in [1.82, 2.24) is 0 Å². The number of allylic oxidation sites excluding steroid dienone is 1. The molecule has 0 aromatic carbocycles. The minimum absolute atomic E-state index is 0.0411. The number of fused-ring (bicyclic) bond motifs is 1. The lowest BCUT2D eigenvalue weighted by molar-refractivity contribution is -0.153. The van der Waals surface area contributed by atoms with Crippen molar-refractivity contribution >= 4 is 17.7 Å². The maximum absolute atomic E-state index is 13.3. The van der Waals surface area contributed by atoms with Crippen LogP contribution in [0.4, 0.5) is 0 Å². The van der Waals surface area contributed by atoms with Gasteiger partial charge in [0.2, 0.25) is 0 Å². The first-order chi connectivity index (χ1) is 15.1. The molecule has 1 aromatic heterocycles. The number of rotatable bonds is 5. The van der Waals surface area contributed by atoms with Crippen LogP contribution >= 0.6 is 0 Å². The maximum atomic E-state index is 13.3. The SMILES string of the molecule is CC1(C)O[C@@H]2CC(=O)O[C@]2(C)[C@H]1CC(=O)CC1=CCC[C@]23C[C@]12C(=O)O[C@H]3c1ccoc1. The molecule has 7 heteroatoms. The predicted molar refractivity (Wildman–Crippen MR) is 110 cm³/mol. The van der Waals surface area contributed by atoms with Crippen molar-refractivity contribution in [2.75, 3.05) is 0 Å². The minimum atomic E-state index is -0.794. The quantitative estimate of drug-likeness (QED) is 0.508. The number of carbonyl (C=O) groups is 3. The summed E-state index contributed by atoms with van der Waals surface area (Å²) in [6, 6.07) is 1.85. The van der Waals surface area contributed by atoms with Crippen LogP contribution in [0.1, 0.15) is 71.0 Å². The highest BCUT2D eigenvalue weighted by atomic mass is 16.6. The zero-order valence-electron chi connectivity index (χ0n) is 18.6. The van der Waals surface area contributed by atoms with Gasteiger partial charge in [0, 0.05) is 29.7 Å². The molecule has 32 heavy (non-hydrogen) atoms. The van der Waals surface area contributed by atoms with Crippen LogP contribution in [-0.2, 0) is 28.6 Å². The standard InChI is InChI=1S/C25H28O7/c1-22(2)17(23(3)18(31-22)11-19(27)32-23)10-16(26)9-15-5-4-7-24-13-25(15,24)21(28)30-20(24)14-6-8-29-12-14/h5-6,8,12,17-18,20H,4,7,9-11,13H2,1-3H3/t17-,18+,20-,23+,24+,25+/m0/s1. The number of esters is 2. The Morgan fingerprint density at radius 1 is 1.22 bits per heavy atom. The fourth-order valence-electron chi connectivity index (χ4n) is 7.31. The Labute approximate surface area is 186 Å². The summed E-state index contributed by atoms with van der Waals surface area (Å²) < 4.78 is 22.9. The summed E-state index contributed by atoms with van der Waals surface area (Å²) in [5, 5.41) is 0. The Morgan fingerprint density at radius 2 is 2.03 bits per heavy atom. The van der Waals surface area contributed by atoms with Crippen LogP contribution in [0.2, 0.25) is 0 Å². The van der Waals surface area contributed by atoms with E-state index in [9.17, 15) is 14.4 Å². The largest absolute Gasteiger partial charge is 0.472 e. The van der Waals surface area contributed by atoms with Crippen LogP contribution in [-0.4, -0.2) is 35.0 Å². The van der Waals surface area contributed by atoms with E-state index in [0.717, 1.165) is 30.4 Å². The van der Waals surface area contributed by atoms with Crippen molar-refractivity contribution in [2.45, 2.75) is 82.7 Å². The molecule has 2 aliphatic carbocycles. The molecule has 5 aliphatic rings. The lowest BCUT2D eigenvalue weighted by atomic mass is 9.72. The molecule has 0 spiro atoms. The number of Topliss-reactive ketones (excluding diaryl/α,β-unsaturated/α-hetero) is 1. The highest BCUT2D eigenvalue weighted by molar-refractivity contribution is 5.93. The number of hydrogen-bond donors (Lipinski definition) is 0. The minimum Gasteiger partial charge on any atom is -0.472 e. The van der Waals surface area contributed by atoms with Gasteiger partial charge in [0.15, 0.2) is 0 Å². The third-order valence-electron chi connectivity index (χ3n) is 8.88. The second kappa shape index (κ2) is 6.13. The van der Waals surface area contributed by atoms with Crippen LogP contribution in [0.15, 0.2) is 34.7 Å². The molecule has 170 valence electrons. The molecule has 1 aromatic rings.